The summed E-state index contributed by atoms with van der Waals surface area (Å²) < 4.78 is 1.30. The van der Waals surface area contributed by atoms with Gasteiger partial charge in [0, 0.05) is 20.0 Å². The Morgan fingerprint density at radius 2 is 1.96 bits per heavy atom. The number of rotatable bonds is 5. The van der Waals surface area contributed by atoms with Crippen LogP contribution in [0.3, 0.4) is 0 Å². The molecule has 1 heterocycles. The molecule has 1 amide bonds. The van der Waals surface area contributed by atoms with Crippen LogP contribution in [0.1, 0.15) is 13.3 Å². The number of aliphatic carboxylic acids is 1. The molecular weight excluding hydrogens is 302 g/mol. The van der Waals surface area contributed by atoms with Gasteiger partial charge in [-0.25, -0.2) is 9.59 Å². The molecule has 1 unspecified atom stereocenters. The van der Waals surface area contributed by atoms with Crippen LogP contribution in [-0.4, -0.2) is 44.5 Å². The molecule has 0 aliphatic carbocycles. The molecule has 8 nitrogen and oxygen atoms in total. The molecule has 0 fully saturated rings. The van der Waals surface area contributed by atoms with Crippen LogP contribution in [0, 0.1) is 0 Å². The van der Waals surface area contributed by atoms with E-state index < -0.39 is 29.2 Å². The van der Waals surface area contributed by atoms with Gasteiger partial charge in [0.2, 0.25) is 5.91 Å². The largest absolute Gasteiger partial charge is 0.480 e. The Hall–Kier alpha value is -2.90. The van der Waals surface area contributed by atoms with Gasteiger partial charge in [-0.05, 0) is 19.1 Å². The number of aromatic nitrogens is 2. The molecule has 0 aliphatic heterocycles. The Kier molecular flexibility index (Phi) is 4.63. The number of hydrogen-bond donors (Lipinski definition) is 2. The van der Waals surface area contributed by atoms with E-state index in [0.29, 0.717) is 10.9 Å². The second kappa shape index (κ2) is 6.47. The van der Waals surface area contributed by atoms with E-state index in [-0.39, 0.29) is 13.0 Å². The highest BCUT2D eigenvalue weighted by Crippen LogP contribution is 2.08. The summed E-state index contributed by atoms with van der Waals surface area (Å²) in [7, 11) is 1.40. The number of fused-ring (bicyclic) bond motifs is 1. The van der Waals surface area contributed by atoms with Crippen LogP contribution in [0.15, 0.2) is 33.9 Å². The highest BCUT2D eigenvalue weighted by Gasteiger charge is 2.21. The third kappa shape index (κ3) is 3.31. The number of carbonyl (C=O) groups excluding carboxylic acids is 1. The van der Waals surface area contributed by atoms with Crippen LogP contribution in [0.4, 0.5) is 0 Å². The first-order valence-corrected chi connectivity index (χ1v) is 7.03. The van der Waals surface area contributed by atoms with E-state index in [2.05, 4.69) is 4.98 Å². The molecule has 0 aliphatic rings. The predicted octanol–water partition coefficient (Wildman–Crippen LogP) is 0.0114. The molecule has 8 heteroatoms. The molecule has 0 radical (unpaired) electrons. The van der Waals surface area contributed by atoms with Gasteiger partial charge in [-0.1, -0.05) is 12.1 Å². The lowest BCUT2D eigenvalue weighted by atomic mass is 10.2. The summed E-state index contributed by atoms with van der Waals surface area (Å²) in [6.45, 7) is 1.45. The van der Waals surface area contributed by atoms with Crippen LogP contribution in [-0.2, 0) is 16.1 Å². The van der Waals surface area contributed by atoms with Crippen molar-refractivity contribution in [2.24, 2.45) is 0 Å². The average molecular weight is 319 g/mol. The summed E-state index contributed by atoms with van der Waals surface area (Å²) in [5, 5.41) is 9.27. The summed E-state index contributed by atoms with van der Waals surface area (Å²) in [6, 6.07) is 5.63. The number of carboxylic acid groups (broad SMARTS) is 1. The number of aryl methyl sites for hydroxylation is 1. The molecule has 122 valence electrons. The molecule has 1 atom stereocenters. The van der Waals surface area contributed by atoms with Gasteiger partial charge < -0.3 is 10.0 Å². The molecule has 0 bridgehead atoms. The number of nitrogens with zero attached hydrogens (tertiary/aromatic N) is 2. The number of nitrogens with one attached hydrogen (secondary N) is 1. The standard InChI is InChI=1S/C15H17N3O5/c1-9(14(21)22)17(2)12(19)7-8-18-11-6-4-3-5-10(11)13(20)16-15(18)23/h3-6,9H,7-8H2,1-2H3,(H,21,22)(H,16,20,23). The number of hydrogen-bond acceptors (Lipinski definition) is 4. The minimum atomic E-state index is -1.10. The molecule has 0 spiro atoms. The third-order valence-corrected chi connectivity index (χ3v) is 3.79. The Labute approximate surface area is 131 Å². The van der Waals surface area contributed by atoms with E-state index in [1.54, 1.807) is 24.3 Å². The monoisotopic (exact) mass is 319 g/mol. The fourth-order valence-corrected chi connectivity index (χ4v) is 2.23. The highest BCUT2D eigenvalue weighted by atomic mass is 16.4. The smallest absolute Gasteiger partial charge is 0.328 e. The first kappa shape index (κ1) is 16.5. The number of aromatic amines is 1. The van der Waals surface area contributed by atoms with Crippen molar-refractivity contribution in [3.63, 3.8) is 0 Å². The van der Waals surface area contributed by atoms with E-state index in [9.17, 15) is 19.2 Å². The second-order valence-electron chi connectivity index (χ2n) is 5.20. The van der Waals surface area contributed by atoms with Gasteiger partial charge in [0.15, 0.2) is 0 Å². The zero-order valence-corrected chi connectivity index (χ0v) is 12.8. The number of amides is 1. The lowest BCUT2D eigenvalue weighted by Crippen LogP contribution is -2.41. The van der Waals surface area contributed by atoms with Gasteiger partial charge >= 0.3 is 11.7 Å². The summed E-state index contributed by atoms with van der Waals surface area (Å²) >= 11 is 0. The number of benzene rings is 1. The zero-order chi connectivity index (χ0) is 17.1. The van der Waals surface area contributed by atoms with Crippen molar-refractivity contribution in [2.75, 3.05) is 7.05 Å². The Bertz CT molecular complexity index is 867. The Balaban J connectivity index is 2.27. The molecule has 2 N–H and O–H groups in total. The summed E-state index contributed by atoms with van der Waals surface area (Å²) in [4.78, 5) is 50.0. The fraction of sp³-hybridized carbons (Fsp3) is 0.333. The number of likely N-dealkylation sites (N-methyl/N-ethyl adjacent to an activating group) is 1. The van der Waals surface area contributed by atoms with Crippen molar-refractivity contribution in [2.45, 2.75) is 25.9 Å². The van der Waals surface area contributed by atoms with Crippen LogP contribution in [0.25, 0.3) is 10.9 Å². The van der Waals surface area contributed by atoms with Crippen LogP contribution >= 0.6 is 0 Å². The van der Waals surface area contributed by atoms with Gasteiger partial charge in [0.25, 0.3) is 5.56 Å². The minimum absolute atomic E-state index is 0.0473. The Morgan fingerprint density at radius 1 is 1.30 bits per heavy atom. The fourth-order valence-electron chi connectivity index (χ4n) is 2.23. The molecule has 1 aromatic carbocycles. The van der Waals surface area contributed by atoms with E-state index in [1.165, 1.54) is 18.5 Å². The Morgan fingerprint density at radius 3 is 2.61 bits per heavy atom. The first-order chi connectivity index (χ1) is 10.8. The highest BCUT2D eigenvalue weighted by molar-refractivity contribution is 5.83. The minimum Gasteiger partial charge on any atom is -0.480 e. The number of para-hydroxylation sites is 1. The van der Waals surface area contributed by atoms with Crippen molar-refractivity contribution >= 4 is 22.8 Å². The second-order valence-corrected chi connectivity index (χ2v) is 5.20. The van der Waals surface area contributed by atoms with Crippen molar-refractivity contribution in [1.82, 2.24) is 14.5 Å². The van der Waals surface area contributed by atoms with E-state index in [1.807, 2.05) is 0 Å². The number of carboxylic acids is 1. The van der Waals surface area contributed by atoms with Crippen molar-refractivity contribution in [3.8, 4) is 0 Å². The number of H-pyrrole nitrogens is 1. The predicted molar refractivity (Wildman–Crippen MR) is 83.3 cm³/mol. The SMILES string of the molecule is CC(C(=O)O)N(C)C(=O)CCn1c(=O)[nH]c(=O)c2ccccc21. The normalized spacial score (nSPS) is 12.1. The molecule has 0 saturated carbocycles. The molecule has 23 heavy (non-hydrogen) atoms. The van der Waals surface area contributed by atoms with Crippen LogP contribution in [0.5, 0.6) is 0 Å². The van der Waals surface area contributed by atoms with Gasteiger partial charge in [-0.2, -0.15) is 0 Å². The third-order valence-electron chi connectivity index (χ3n) is 3.79. The molecule has 2 aromatic rings. The maximum absolute atomic E-state index is 12.1. The molecule has 2 rings (SSSR count). The zero-order valence-electron chi connectivity index (χ0n) is 12.8. The van der Waals surface area contributed by atoms with E-state index in [0.717, 1.165) is 4.90 Å². The maximum atomic E-state index is 12.1. The summed E-state index contributed by atoms with van der Waals surface area (Å²) in [6.07, 6.45) is -0.0515. The molecular formula is C15H17N3O5. The summed E-state index contributed by atoms with van der Waals surface area (Å²) in [5.74, 6) is -1.51. The van der Waals surface area contributed by atoms with Crippen molar-refractivity contribution < 1.29 is 14.7 Å². The lowest BCUT2D eigenvalue weighted by Gasteiger charge is -2.21. The maximum Gasteiger partial charge on any atom is 0.328 e. The summed E-state index contributed by atoms with van der Waals surface area (Å²) in [5.41, 5.74) is -0.650. The molecule has 0 saturated heterocycles. The van der Waals surface area contributed by atoms with Crippen LogP contribution in [0.2, 0.25) is 0 Å². The van der Waals surface area contributed by atoms with Crippen molar-refractivity contribution in [3.05, 3.63) is 45.1 Å². The lowest BCUT2D eigenvalue weighted by molar-refractivity contribution is -0.148. The number of carbonyl (C=O) groups is 2. The van der Waals surface area contributed by atoms with Gasteiger partial charge in [0.05, 0.1) is 10.9 Å². The van der Waals surface area contributed by atoms with Crippen LogP contribution < -0.4 is 11.2 Å². The van der Waals surface area contributed by atoms with Gasteiger partial charge in [0.1, 0.15) is 6.04 Å². The van der Waals surface area contributed by atoms with E-state index >= 15 is 0 Å². The quantitative estimate of drug-likeness (QED) is 0.806. The van der Waals surface area contributed by atoms with E-state index in [4.69, 9.17) is 5.11 Å². The van der Waals surface area contributed by atoms with Crippen molar-refractivity contribution in [1.29, 1.82) is 0 Å². The topological polar surface area (TPSA) is 112 Å². The first-order valence-electron chi connectivity index (χ1n) is 7.03. The van der Waals surface area contributed by atoms with Gasteiger partial charge in [-0.15, -0.1) is 0 Å². The average Bonchev–Trinajstić information content (AvgIpc) is 2.52. The molecule has 1 aromatic heterocycles. The van der Waals surface area contributed by atoms with Gasteiger partial charge in [-0.3, -0.25) is 19.1 Å².